The highest BCUT2D eigenvalue weighted by atomic mass is 35.5. The molecule has 0 fully saturated rings. The van der Waals surface area contributed by atoms with E-state index in [2.05, 4.69) is 0 Å². The number of aliphatic hydroxyl groups excluding tert-OH is 3. The van der Waals surface area contributed by atoms with Gasteiger partial charge in [0.2, 0.25) is 0 Å². The van der Waals surface area contributed by atoms with Crippen LogP contribution in [0.3, 0.4) is 0 Å². The first-order valence-electron chi connectivity index (χ1n) is 4.58. The van der Waals surface area contributed by atoms with E-state index < -0.39 is 18.0 Å². The van der Waals surface area contributed by atoms with Crippen LogP contribution in [-0.2, 0) is 0 Å². The van der Waals surface area contributed by atoms with Crippen molar-refractivity contribution in [1.82, 2.24) is 0 Å². The van der Waals surface area contributed by atoms with E-state index >= 15 is 0 Å². The van der Waals surface area contributed by atoms with Crippen LogP contribution in [0.15, 0.2) is 12.1 Å². The van der Waals surface area contributed by atoms with Crippen molar-refractivity contribution < 1.29 is 19.7 Å². The third-order valence-corrected chi connectivity index (χ3v) is 2.69. The number of hydrogen-bond acceptors (Lipinski definition) is 3. The summed E-state index contributed by atoms with van der Waals surface area (Å²) in [6, 6.07) is 2.38. The van der Waals surface area contributed by atoms with Gasteiger partial charge in [-0.1, -0.05) is 23.2 Å². The van der Waals surface area contributed by atoms with E-state index in [0.717, 1.165) is 0 Å². The van der Waals surface area contributed by atoms with Crippen LogP contribution in [-0.4, -0.2) is 28.0 Å². The van der Waals surface area contributed by atoms with Crippen molar-refractivity contribution in [3.05, 3.63) is 33.6 Å². The lowest BCUT2D eigenvalue weighted by Gasteiger charge is -2.17. The summed E-state index contributed by atoms with van der Waals surface area (Å²) < 4.78 is 13.1. The van der Waals surface area contributed by atoms with Gasteiger partial charge in [-0.3, -0.25) is 0 Å². The first-order valence-corrected chi connectivity index (χ1v) is 5.34. The summed E-state index contributed by atoms with van der Waals surface area (Å²) in [5.41, 5.74) is 0.206. The Hall–Kier alpha value is -0.390. The Bertz CT molecular complexity index is 350. The van der Waals surface area contributed by atoms with E-state index in [4.69, 9.17) is 28.3 Å². The van der Waals surface area contributed by atoms with Gasteiger partial charge in [0.1, 0.15) is 6.10 Å². The number of halogens is 3. The number of aliphatic hydroxyl groups is 3. The van der Waals surface area contributed by atoms with E-state index in [-0.39, 0.29) is 28.6 Å². The van der Waals surface area contributed by atoms with Crippen molar-refractivity contribution in [2.24, 2.45) is 0 Å². The first-order chi connectivity index (χ1) is 7.47. The maximum Gasteiger partial charge on any atom is 0.160 e. The van der Waals surface area contributed by atoms with Crippen LogP contribution < -0.4 is 0 Å². The average molecular weight is 269 g/mol. The Morgan fingerprint density at radius 2 is 1.69 bits per heavy atom. The summed E-state index contributed by atoms with van der Waals surface area (Å²) in [6.07, 6.45) is -2.40. The molecular formula is C10H11Cl2FO3. The van der Waals surface area contributed by atoms with E-state index in [1.165, 1.54) is 12.1 Å². The van der Waals surface area contributed by atoms with Crippen LogP contribution >= 0.6 is 23.2 Å². The molecule has 0 saturated carbocycles. The van der Waals surface area contributed by atoms with Gasteiger partial charge in [0.25, 0.3) is 0 Å². The van der Waals surface area contributed by atoms with Crippen molar-refractivity contribution >= 4 is 23.2 Å². The Kier molecular flexibility index (Phi) is 4.95. The van der Waals surface area contributed by atoms with E-state index in [9.17, 15) is 14.6 Å². The Morgan fingerprint density at radius 1 is 1.19 bits per heavy atom. The molecule has 0 aliphatic rings. The van der Waals surface area contributed by atoms with Gasteiger partial charge in [0.05, 0.1) is 16.1 Å². The van der Waals surface area contributed by atoms with Gasteiger partial charge in [0, 0.05) is 6.61 Å². The fourth-order valence-corrected chi connectivity index (χ4v) is 1.76. The SMILES string of the molecule is OCCC(O)C(O)c1cc(Cl)c(F)c(Cl)c1. The molecule has 3 N–H and O–H groups in total. The van der Waals surface area contributed by atoms with Crippen molar-refractivity contribution in [3.8, 4) is 0 Å². The lowest BCUT2D eigenvalue weighted by atomic mass is 10.0. The molecule has 2 unspecified atom stereocenters. The predicted octanol–water partition coefficient (Wildman–Crippen LogP) is 1.91. The molecule has 0 heterocycles. The average Bonchev–Trinajstić information content (AvgIpc) is 2.24. The normalized spacial score (nSPS) is 14.9. The van der Waals surface area contributed by atoms with Crippen LogP contribution in [0.4, 0.5) is 4.39 Å². The quantitative estimate of drug-likeness (QED) is 0.732. The van der Waals surface area contributed by atoms with Gasteiger partial charge in [0.15, 0.2) is 5.82 Å². The highest BCUT2D eigenvalue weighted by Gasteiger charge is 2.20. The van der Waals surface area contributed by atoms with E-state index in [0.29, 0.717) is 0 Å². The highest BCUT2D eigenvalue weighted by molar-refractivity contribution is 6.35. The van der Waals surface area contributed by atoms with Gasteiger partial charge in [-0.05, 0) is 24.1 Å². The maximum atomic E-state index is 13.1. The molecule has 1 aromatic carbocycles. The molecule has 0 aromatic heterocycles. The predicted molar refractivity (Wildman–Crippen MR) is 59.1 cm³/mol. The second-order valence-corrected chi connectivity index (χ2v) is 4.14. The molecule has 6 heteroatoms. The zero-order chi connectivity index (χ0) is 12.3. The monoisotopic (exact) mass is 268 g/mol. The molecule has 0 bridgehead atoms. The molecule has 2 atom stereocenters. The van der Waals surface area contributed by atoms with Crippen LogP contribution in [0.1, 0.15) is 18.1 Å². The van der Waals surface area contributed by atoms with Crippen molar-refractivity contribution in [2.75, 3.05) is 6.61 Å². The molecule has 16 heavy (non-hydrogen) atoms. The molecular weight excluding hydrogens is 258 g/mol. The minimum atomic E-state index is -1.26. The zero-order valence-corrected chi connectivity index (χ0v) is 9.71. The molecule has 0 aliphatic carbocycles. The fourth-order valence-electron chi connectivity index (χ4n) is 1.26. The van der Waals surface area contributed by atoms with Crippen LogP contribution in [0.2, 0.25) is 10.0 Å². The van der Waals surface area contributed by atoms with E-state index in [1.54, 1.807) is 0 Å². The van der Waals surface area contributed by atoms with Gasteiger partial charge >= 0.3 is 0 Å². The number of rotatable bonds is 4. The van der Waals surface area contributed by atoms with Gasteiger partial charge in [-0.2, -0.15) is 0 Å². The number of hydrogen-bond donors (Lipinski definition) is 3. The summed E-state index contributed by atoms with van der Waals surface area (Å²) in [7, 11) is 0. The molecule has 0 aliphatic heterocycles. The molecule has 3 nitrogen and oxygen atoms in total. The molecule has 0 radical (unpaired) electrons. The lowest BCUT2D eigenvalue weighted by molar-refractivity contribution is 0.00419. The minimum absolute atomic E-state index is 0.00772. The standard InChI is InChI=1S/C10H11Cl2FO3/c11-6-3-5(4-7(12)9(6)13)10(16)8(15)1-2-14/h3-4,8,10,14-16H,1-2H2. The minimum Gasteiger partial charge on any atom is -0.396 e. The van der Waals surface area contributed by atoms with Crippen LogP contribution in [0.5, 0.6) is 0 Å². The van der Waals surface area contributed by atoms with Gasteiger partial charge < -0.3 is 15.3 Å². The molecule has 1 aromatic rings. The van der Waals surface area contributed by atoms with Crippen LogP contribution in [0.25, 0.3) is 0 Å². The van der Waals surface area contributed by atoms with Crippen molar-refractivity contribution in [3.63, 3.8) is 0 Å². The third-order valence-electron chi connectivity index (χ3n) is 2.14. The molecule has 0 saturated heterocycles. The van der Waals surface area contributed by atoms with Gasteiger partial charge in [-0.15, -0.1) is 0 Å². The molecule has 90 valence electrons. The second-order valence-electron chi connectivity index (χ2n) is 3.32. The molecule has 1 rings (SSSR count). The second kappa shape index (κ2) is 5.80. The Labute approximate surface area is 102 Å². The van der Waals surface area contributed by atoms with E-state index in [1.807, 2.05) is 0 Å². The summed E-state index contributed by atoms with van der Waals surface area (Å²) in [4.78, 5) is 0. The summed E-state index contributed by atoms with van der Waals surface area (Å²) in [6.45, 7) is -0.263. The number of benzene rings is 1. The third kappa shape index (κ3) is 3.06. The Balaban J connectivity index is 2.96. The fraction of sp³-hybridized carbons (Fsp3) is 0.400. The van der Waals surface area contributed by atoms with Gasteiger partial charge in [-0.25, -0.2) is 4.39 Å². The van der Waals surface area contributed by atoms with Crippen LogP contribution in [0, 0.1) is 5.82 Å². The lowest BCUT2D eigenvalue weighted by Crippen LogP contribution is -2.19. The summed E-state index contributed by atoms with van der Waals surface area (Å²) in [5, 5.41) is 27.2. The maximum absolute atomic E-state index is 13.1. The first kappa shape index (κ1) is 13.7. The largest absolute Gasteiger partial charge is 0.396 e. The Morgan fingerprint density at radius 3 is 2.12 bits per heavy atom. The topological polar surface area (TPSA) is 60.7 Å². The molecule has 0 amide bonds. The smallest absolute Gasteiger partial charge is 0.160 e. The zero-order valence-electron chi connectivity index (χ0n) is 8.20. The molecule has 0 spiro atoms. The highest BCUT2D eigenvalue weighted by Crippen LogP contribution is 2.29. The summed E-state index contributed by atoms with van der Waals surface area (Å²) >= 11 is 11.1. The summed E-state index contributed by atoms with van der Waals surface area (Å²) in [5.74, 6) is -0.768. The van der Waals surface area contributed by atoms with Crippen molar-refractivity contribution in [1.29, 1.82) is 0 Å². The van der Waals surface area contributed by atoms with Crippen molar-refractivity contribution in [2.45, 2.75) is 18.6 Å².